The first-order chi connectivity index (χ1) is 14.6. The van der Waals surface area contributed by atoms with E-state index in [1.807, 2.05) is 0 Å². The molecule has 3 aromatic rings. The van der Waals surface area contributed by atoms with E-state index in [2.05, 4.69) is 22.0 Å². The number of anilines is 1. The third-order valence-corrected chi connectivity index (χ3v) is 6.17. The van der Waals surface area contributed by atoms with Crippen LogP contribution in [0.3, 0.4) is 0 Å². The van der Waals surface area contributed by atoms with Gasteiger partial charge in [-0.05, 0) is 36.4 Å². The standard InChI is InChI=1S/C20H19F3N4O3S/c1-3-12-27(2)31(28,29)17-10-8-16(9-11-17)24-13-18-25-19(26-30-18)14-4-6-15(7-5-14)20(21,22)23/h3-11,24H,1,12-13H2,2H3. The van der Waals surface area contributed by atoms with Crippen LogP contribution in [0.2, 0.25) is 0 Å². The van der Waals surface area contributed by atoms with Gasteiger partial charge in [0.2, 0.25) is 21.7 Å². The fraction of sp³-hybridized carbons (Fsp3) is 0.200. The third-order valence-electron chi connectivity index (χ3n) is 4.33. The Balaban J connectivity index is 1.64. The summed E-state index contributed by atoms with van der Waals surface area (Å²) >= 11 is 0. The molecule has 31 heavy (non-hydrogen) atoms. The first-order valence-corrected chi connectivity index (χ1v) is 10.5. The number of hydrogen-bond donors (Lipinski definition) is 1. The number of rotatable bonds is 8. The summed E-state index contributed by atoms with van der Waals surface area (Å²) in [5.41, 5.74) is 0.253. The van der Waals surface area contributed by atoms with E-state index >= 15 is 0 Å². The number of halogens is 3. The van der Waals surface area contributed by atoms with Crippen LogP contribution in [0.5, 0.6) is 0 Å². The molecule has 0 atom stereocenters. The lowest BCUT2D eigenvalue weighted by atomic mass is 10.1. The lowest BCUT2D eigenvalue weighted by Gasteiger charge is -2.15. The van der Waals surface area contributed by atoms with Crippen molar-refractivity contribution in [3.8, 4) is 11.4 Å². The van der Waals surface area contributed by atoms with E-state index < -0.39 is 21.8 Å². The minimum Gasteiger partial charge on any atom is -0.376 e. The number of likely N-dealkylation sites (N-methyl/N-ethyl adjacent to an activating group) is 1. The highest BCUT2D eigenvalue weighted by atomic mass is 32.2. The van der Waals surface area contributed by atoms with E-state index in [0.717, 1.165) is 12.1 Å². The zero-order valence-corrected chi connectivity index (χ0v) is 17.2. The number of hydrogen-bond acceptors (Lipinski definition) is 6. The Labute approximate surface area is 177 Å². The van der Waals surface area contributed by atoms with Crippen LogP contribution < -0.4 is 5.32 Å². The minimum absolute atomic E-state index is 0.143. The van der Waals surface area contributed by atoms with E-state index in [4.69, 9.17) is 4.52 Å². The summed E-state index contributed by atoms with van der Waals surface area (Å²) in [5.74, 6) is 0.384. The van der Waals surface area contributed by atoms with Crippen LogP contribution in [0.1, 0.15) is 11.5 Å². The van der Waals surface area contributed by atoms with Gasteiger partial charge in [0.05, 0.1) is 17.0 Å². The summed E-state index contributed by atoms with van der Waals surface area (Å²) in [5, 5.41) is 6.79. The summed E-state index contributed by atoms with van der Waals surface area (Å²) < 4.78 is 69.0. The summed E-state index contributed by atoms with van der Waals surface area (Å²) in [6, 6.07) is 10.6. The molecule has 0 spiro atoms. The molecule has 1 heterocycles. The van der Waals surface area contributed by atoms with Gasteiger partial charge >= 0.3 is 6.18 Å². The first kappa shape index (κ1) is 22.5. The summed E-state index contributed by atoms with van der Waals surface area (Å²) in [6.45, 7) is 3.87. The molecule has 0 amide bonds. The van der Waals surface area contributed by atoms with Gasteiger partial charge in [-0.25, -0.2) is 8.42 Å². The van der Waals surface area contributed by atoms with Crippen molar-refractivity contribution < 1.29 is 26.1 Å². The highest BCUT2D eigenvalue weighted by Gasteiger charge is 2.30. The number of aromatic nitrogens is 2. The molecule has 0 radical (unpaired) electrons. The Bertz CT molecular complexity index is 1140. The molecule has 0 aliphatic carbocycles. The van der Waals surface area contributed by atoms with E-state index in [1.54, 1.807) is 12.1 Å². The molecule has 2 aromatic carbocycles. The number of nitrogens with one attached hydrogen (secondary N) is 1. The normalized spacial score (nSPS) is 12.2. The molecular weight excluding hydrogens is 433 g/mol. The molecule has 3 rings (SSSR count). The van der Waals surface area contributed by atoms with Crippen LogP contribution in [0.4, 0.5) is 18.9 Å². The largest absolute Gasteiger partial charge is 0.416 e. The zero-order chi connectivity index (χ0) is 22.6. The molecular formula is C20H19F3N4O3S. The predicted molar refractivity (Wildman–Crippen MR) is 109 cm³/mol. The molecule has 0 unspecified atom stereocenters. The number of benzene rings is 2. The molecule has 164 valence electrons. The van der Waals surface area contributed by atoms with Gasteiger partial charge < -0.3 is 9.84 Å². The molecule has 0 saturated carbocycles. The fourth-order valence-electron chi connectivity index (χ4n) is 2.63. The lowest BCUT2D eigenvalue weighted by Crippen LogP contribution is -2.26. The maximum Gasteiger partial charge on any atom is 0.416 e. The summed E-state index contributed by atoms with van der Waals surface area (Å²) in [7, 11) is -2.14. The van der Waals surface area contributed by atoms with Crippen LogP contribution in [-0.2, 0) is 22.7 Å². The van der Waals surface area contributed by atoms with Crippen molar-refractivity contribution in [1.82, 2.24) is 14.4 Å². The summed E-state index contributed by atoms with van der Waals surface area (Å²) in [6.07, 6.45) is -2.92. The quantitative estimate of drug-likeness (QED) is 0.516. The van der Waals surface area contributed by atoms with Crippen molar-refractivity contribution in [3.05, 3.63) is 72.6 Å². The molecule has 1 N–H and O–H groups in total. The van der Waals surface area contributed by atoms with Crippen molar-refractivity contribution in [3.63, 3.8) is 0 Å². The second-order valence-electron chi connectivity index (χ2n) is 6.54. The van der Waals surface area contributed by atoms with E-state index in [0.29, 0.717) is 11.3 Å². The Morgan fingerprint density at radius 3 is 2.35 bits per heavy atom. The average molecular weight is 452 g/mol. The smallest absolute Gasteiger partial charge is 0.376 e. The van der Waals surface area contributed by atoms with Crippen LogP contribution in [-0.4, -0.2) is 36.5 Å². The molecule has 0 saturated heterocycles. The van der Waals surface area contributed by atoms with Gasteiger partial charge in [0.1, 0.15) is 0 Å². The summed E-state index contributed by atoms with van der Waals surface area (Å²) in [4.78, 5) is 4.30. The maximum atomic E-state index is 12.7. The predicted octanol–water partition coefficient (Wildman–Crippen LogP) is 4.17. The van der Waals surface area contributed by atoms with Gasteiger partial charge in [-0.3, -0.25) is 0 Å². The first-order valence-electron chi connectivity index (χ1n) is 9.02. The topological polar surface area (TPSA) is 88.3 Å². The highest BCUT2D eigenvalue weighted by Crippen LogP contribution is 2.30. The monoisotopic (exact) mass is 452 g/mol. The molecule has 0 bridgehead atoms. The lowest BCUT2D eigenvalue weighted by molar-refractivity contribution is -0.137. The van der Waals surface area contributed by atoms with E-state index in [1.165, 1.54) is 41.7 Å². The van der Waals surface area contributed by atoms with Gasteiger partial charge in [0, 0.05) is 24.8 Å². The Hall–Kier alpha value is -3.18. The number of nitrogens with zero attached hydrogens (tertiary/aromatic N) is 3. The van der Waals surface area contributed by atoms with Crippen molar-refractivity contribution in [2.75, 3.05) is 18.9 Å². The van der Waals surface area contributed by atoms with Gasteiger partial charge in [-0.2, -0.15) is 22.5 Å². The van der Waals surface area contributed by atoms with Gasteiger partial charge in [-0.15, -0.1) is 6.58 Å². The van der Waals surface area contributed by atoms with Gasteiger partial charge in [-0.1, -0.05) is 23.4 Å². The van der Waals surface area contributed by atoms with Crippen molar-refractivity contribution in [2.24, 2.45) is 0 Å². The Kier molecular flexibility index (Phi) is 6.46. The molecule has 0 aliphatic heterocycles. The number of alkyl halides is 3. The van der Waals surface area contributed by atoms with E-state index in [9.17, 15) is 21.6 Å². The average Bonchev–Trinajstić information content (AvgIpc) is 3.21. The van der Waals surface area contributed by atoms with Crippen LogP contribution in [0.25, 0.3) is 11.4 Å². The minimum atomic E-state index is -4.42. The second kappa shape index (κ2) is 8.90. The maximum absolute atomic E-state index is 12.7. The Morgan fingerprint density at radius 2 is 1.77 bits per heavy atom. The van der Waals surface area contributed by atoms with Crippen LogP contribution in [0, 0.1) is 0 Å². The van der Waals surface area contributed by atoms with E-state index in [-0.39, 0.29) is 29.7 Å². The number of sulfonamides is 1. The molecule has 0 aliphatic rings. The second-order valence-corrected chi connectivity index (χ2v) is 8.58. The van der Waals surface area contributed by atoms with Crippen LogP contribution >= 0.6 is 0 Å². The van der Waals surface area contributed by atoms with Gasteiger partial charge in [0.25, 0.3) is 0 Å². The molecule has 0 fully saturated rings. The molecule has 11 heteroatoms. The Morgan fingerprint density at radius 1 is 1.13 bits per heavy atom. The zero-order valence-electron chi connectivity index (χ0n) is 16.4. The van der Waals surface area contributed by atoms with Crippen molar-refractivity contribution in [2.45, 2.75) is 17.6 Å². The SMILES string of the molecule is C=CCN(C)S(=O)(=O)c1ccc(NCc2nc(-c3ccc(C(F)(F)F)cc3)no2)cc1. The molecule has 7 nitrogen and oxygen atoms in total. The molecule has 1 aromatic heterocycles. The van der Waals surface area contributed by atoms with Gasteiger partial charge in [0.15, 0.2) is 0 Å². The fourth-order valence-corrected chi connectivity index (χ4v) is 3.78. The van der Waals surface area contributed by atoms with Crippen LogP contribution in [0.15, 0.2) is 70.6 Å². The third kappa shape index (κ3) is 5.30. The highest BCUT2D eigenvalue weighted by molar-refractivity contribution is 7.89. The van der Waals surface area contributed by atoms with Crippen molar-refractivity contribution in [1.29, 1.82) is 0 Å². The van der Waals surface area contributed by atoms with Crippen molar-refractivity contribution >= 4 is 15.7 Å².